The van der Waals surface area contributed by atoms with Crippen LogP contribution in [0.1, 0.15) is 41.5 Å². The number of pyridine rings is 1. The smallest absolute Gasteiger partial charge is 0.280 e. The fraction of sp³-hybridized carbons (Fsp3) is 0.409. The van der Waals surface area contributed by atoms with Crippen LogP contribution in [0.2, 0.25) is 0 Å². The van der Waals surface area contributed by atoms with Crippen molar-refractivity contribution in [2.24, 2.45) is 0 Å². The Morgan fingerprint density at radius 1 is 1.32 bits per heavy atom. The topological polar surface area (TPSA) is 114 Å². The fourth-order valence-corrected chi connectivity index (χ4v) is 4.50. The predicted molar refractivity (Wildman–Crippen MR) is 125 cm³/mol. The fourth-order valence-electron chi connectivity index (χ4n) is 4.50. The van der Waals surface area contributed by atoms with E-state index in [1.54, 1.807) is 15.5 Å². The second kappa shape index (κ2) is 9.51. The summed E-state index contributed by atoms with van der Waals surface area (Å²) in [5.74, 6) is -1.05. The number of aromatic nitrogens is 4. The summed E-state index contributed by atoms with van der Waals surface area (Å²) in [6, 6.07) is 4.46. The lowest BCUT2D eigenvalue weighted by atomic mass is 10.2. The largest absolute Gasteiger partial charge is 0.331 e. The van der Waals surface area contributed by atoms with Crippen LogP contribution in [0.5, 0.6) is 0 Å². The average Bonchev–Trinajstić information content (AvgIpc) is 3.53. The molecule has 0 aromatic carbocycles. The Morgan fingerprint density at radius 2 is 2.15 bits per heavy atom. The van der Waals surface area contributed by atoms with E-state index in [-0.39, 0.29) is 54.5 Å². The van der Waals surface area contributed by atoms with Crippen molar-refractivity contribution in [3.8, 4) is 0 Å². The van der Waals surface area contributed by atoms with Crippen molar-refractivity contribution in [1.29, 1.82) is 0 Å². The van der Waals surface area contributed by atoms with Gasteiger partial charge in [0.2, 0.25) is 5.91 Å². The number of carbonyl (C=O) groups excluding carboxylic acids is 2. The maximum Gasteiger partial charge on any atom is 0.280 e. The van der Waals surface area contributed by atoms with Gasteiger partial charge in [0.15, 0.2) is 0 Å². The number of hydrogen-bond donors (Lipinski definition) is 2. The summed E-state index contributed by atoms with van der Waals surface area (Å²) < 4.78 is 15.9. The Morgan fingerprint density at radius 3 is 2.82 bits per heavy atom. The highest BCUT2D eigenvalue weighted by Crippen LogP contribution is 2.24. The molecule has 0 spiro atoms. The number of amides is 2. The van der Waals surface area contributed by atoms with Gasteiger partial charge in [-0.25, -0.2) is 9.37 Å². The summed E-state index contributed by atoms with van der Waals surface area (Å²) in [5.41, 5.74) is 1.28. The van der Waals surface area contributed by atoms with Crippen LogP contribution >= 0.6 is 12.4 Å². The van der Waals surface area contributed by atoms with Gasteiger partial charge in [-0.15, -0.1) is 12.4 Å². The lowest BCUT2D eigenvalue weighted by Gasteiger charge is -2.20. The standard InChI is InChI=1S/C22H24FN7O3.ClH/c1-2-14-8-19-29(12-18(31)26-17-6-5-13(23)9-25-17)20-16(21(32)30(19)27-14)11-28(22(20)33)10-15-4-3-7-24-15;/h5-6,8-9,15,24H,2-4,7,10-12H2,1H3,(H,25,26,31);1H/t15-;/m1./s1. The van der Waals surface area contributed by atoms with Crippen LogP contribution in [-0.2, 0) is 24.3 Å². The van der Waals surface area contributed by atoms with E-state index in [1.165, 1.54) is 16.6 Å². The number of anilines is 1. The minimum Gasteiger partial charge on any atom is -0.331 e. The molecule has 34 heavy (non-hydrogen) atoms. The highest BCUT2D eigenvalue weighted by atomic mass is 35.5. The molecule has 5 rings (SSSR count). The Labute approximate surface area is 200 Å². The molecule has 3 aromatic heterocycles. The van der Waals surface area contributed by atoms with Crippen molar-refractivity contribution in [2.45, 2.75) is 45.3 Å². The van der Waals surface area contributed by atoms with E-state index in [4.69, 9.17) is 0 Å². The molecule has 3 aromatic rings. The highest BCUT2D eigenvalue weighted by Gasteiger charge is 2.36. The van der Waals surface area contributed by atoms with Gasteiger partial charge in [-0.1, -0.05) is 6.92 Å². The lowest BCUT2D eigenvalue weighted by Crippen LogP contribution is -2.38. The molecule has 2 aliphatic heterocycles. The van der Waals surface area contributed by atoms with Gasteiger partial charge in [0.25, 0.3) is 11.5 Å². The Balaban J connectivity index is 0.00000274. The van der Waals surface area contributed by atoms with E-state index < -0.39 is 11.7 Å². The molecule has 0 aliphatic carbocycles. The van der Waals surface area contributed by atoms with Gasteiger partial charge in [0, 0.05) is 18.7 Å². The number of hydrogen-bond acceptors (Lipinski definition) is 6. The molecule has 10 nitrogen and oxygen atoms in total. The summed E-state index contributed by atoms with van der Waals surface area (Å²) in [6.07, 6.45) is 3.64. The first kappa shape index (κ1) is 23.8. The second-order valence-corrected chi connectivity index (χ2v) is 8.37. The van der Waals surface area contributed by atoms with E-state index in [9.17, 15) is 18.8 Å². The lowest BCUT2D eigenvalue weighted by molar-refractivity contribution is -0.116. The molecule has 2 N–H and O–H groups in total. The molecular weight excluding hydrogens is 465 g/mol. The third-order valence-corrected chi connectivity index (χ3v) is 6.12. The molecule has 12 heteroatoms. The minimum atomic E-state index is -0.512. The Kier molecular flexibility index (Phi) is 6.67. The maximum absolute atomic E-state index is 13.4. The molecule has 180 valence electrons. The molecular formula is C22H25ClFN7O3. The van der Waals surface area contributed by atoms with Crippen molar-refractivity contribution < 1.29 is 14.0 Å². The average molecular weight is 490 g/mol. The van der Waals surface area contributed by atoms with Crippen LogP contribution in [0.25, 0.3) is 5.65 Å². The summed E-state index contributed by atoms with van der Waals surface area (Å²) in [6.45, 7) is 3.29. The van der Waals surface area contributed by atoms with Crippen molar-refractivity contribution in [1.82, 2.24) is 29.4 Å². The summed E-state index contributed by atoms with van der Waals surface area (Å²) in [7, 11) is 0. The van der Waals surface area contributed by atoms with Crippen molar-refractivity contribution in [2.75, 3.05) is 18.4 Å². The second-order valence-electron chi connectivity index (χ2n) is 8.37. The molecule has 0 bridgehead atoms. The van der Waals surface area contributed by atoms with E-state index in [1.807, 2.05) is 6.92 Å². The van der Waals surface area contributed by atoms with Crippen LogP contribution in [0.15, 0.2) is 29.2 Å². The molecule has 1 fully saturated rings. The number of fused-ring (bicyclic) bond motifs is 2. The normalized spacial score (nSPS) is 17.2. The van der Waals surface area contributed by atoms with Crippen molar-refractivity contribution >= 4 is 35.7 Å². The third kappa shape index (κ3) is 4.28. The molecule has 2 amide bonds. The van der Waals surface area contributed by atoms with E-state index in [2.05, 4.69) is 20.7 Å². The number of carbonyl (C=O) groups is 2. The Hall–Kier alpha value is -3.31. The van der Waals surface area contributed by atoms with Crippen LogP contribution in [0, 0.1) is 5.82 Å². The zero-order valence-corrected chi connectivity index (χ0v) is 19.4. The first-order chi connectivity index (χ1) is 15.9. The number of aryl methyl sites for hydroxylation is 1. The maximum atomic E-state index is 13.4. The van der Waals surface area contributed by atoms with Gasteiger partial charge < -0.3 is 20.1 Å². The Bertz CT molecular complexity index is 1300. The van der Waals surface area contributed by atoms with Crippen molar-refractivity contribution in [3.63, 3.8) is 0 Å². The summed E-state index contributed by atoms with van der Waals surface area (Å²) in [4.78, 5) is 44.9. The van der Waals surface area contributed by atoms with E-state index >= 15 is 0 Å². The first-order valence-electron chi connectivity index (χ1n) is 11.0. The predicted octanol–water partition coefficient (Wildman–Crippen LogP) is 1.36. The molecule has 0 unspecified atom stereocenters. The first-order valence-corrected chi connectivity index (χ1v) is 11.0. The highest BCUT2D eigenvalue weighted by molar-refractivity contribution is 5.98. The van der Waals surface area contributed by atoms with Gasteiger partial charge in [-0.2, -0.15) is 9.61 Å². The van der Waals surface area contributed by atoms with E-state index in [0.29, 0.717) is 29.9 Å². The number of rotatable bonds is 6. The summed E-state index contributed by atoms with van der Waals surface area (Å²) >= 11 is 0. The van der Waals surface area contributed by atoms with Gasteiger partial charge in [0.1, 0.15) is 29.5 Å². The number of halogens is 2. The van der Waals surface area contributed by atoms with E-state index in [0.717, 1.165) is 25.6 Å². The zero-order valence-electron chi connectivity index (χ0n) is 18.6. The van der Waals surface area contributed by atoms with Gasteiger partial charge in [-0.05, 0) is 37.9 Å². The van der Waals surface area contributed by atoms with Crippen LogP contribution < -0.4 is 16.2 Å². The quantitative estimate of drug-likeness (QED) is 0.540. The van der Waals surface area contributed by atoms with Crippen LogP contribution in [0.4, 0.5) is 10.2 Å². The zero-order chi connectivity index (χ0) is 23.1. The molecule has 0 saturated carbocycles. The molecule has 1 atom stereocenters. The molecule has 2 aliphatic rings. The summed E-state index contributed by atoms with van der Waals surface area (Å²) in [5, 5.41) is 10.4. The van der Waals surface area contributed by atoms with Gasteiger partial charge in [0.05, 0.1) is 24.0 Å². The van der Waals surface area contributed by atoms with Gasteiger partial charge >= 0.3 is 0 Å². The minimum absolute atomic E-state index is 0. The van der Waals surface area contributed by atoms with Crippen LogP contribution in [0.3, 0.4) is 0 Å². The number of nitrogens with zero attached hydrogens (tertiary/aromatic N) is 5. The van der Waals surface area contributed by atoms with Crippen molar-refractivity contribution in [3.05, 3.63) is 57.5 Å². The molecule has 0 radical (unpaired) electrons. The molecule has 1 saturated heterocycles. The molecule has 5 heterocycles. The van der Waals surface area contributed by atoms with Crippen LogP contribution in [-0.4, -0.2) is 55.0 Å². The number of nitrogens with one attached hydrogen (secondary N) is 2. The van der Waals surface area contributed by atoms with Gasteiger partial charge in [-0.3, -0.25) is 14.4 Å². The third-order valence-electron chi connectivity index (χ3n) is 6.12. The monoisotopic (exact) mass is 489 g/mol. The SMILES string of the molecule is CCc1cc2n(CC(=O)Nc3ccc(F)cn3)c3c(c(=O)n2n1)CN(C[C@H]1CCCN1)C3=O.Cl.